The molecule has 0 unspecified atom stereocenters. The lowest BCUT2D eigenvalue weighted by Crippen LogP contribution is -2.03. The van der Waals surface area contributed by atoms with Crippen molar-refractivity contribution in [2.24, 2.45) is 0 Å². The number of aromatic nitrogens is 3. The van der Waals surface area contributed by atoms with Gasteiger partial charge in [0.15, 0.2) is 5.82 Å². The highest BCUT2D eigenvalue weighted by molar-refractivity contribution is 5.45. The first kappa shape index (κ1) is 8.40. The SMILES string of the molecule is O=c1cccc(-c2nc(C3CC3)no2)[nH]1. The molecule has 0 aliphatic heterocycles. The van der Waals surface area contributed by atoms with E-state index in [0.717, 1.165) is 18.7 Å². The van der Waals surface area contributed by atoms with Gasteiger partial charge >= 0.3 is 0 Å². The fraction of sp³-hybridized carbons (Fsp3) is 0.300. The van der Waals surface area contributed by atoms with Gasteiger partial charge in [-0.3, -0.25) is 4.79 Å². The lowest BCUT2D eigenvalue weighted by Gasteiger charge is -1.90. The smallest absolute Gasteiger partial charge is 0.274 e. The molecule has 5 heteroatoms. The van der Waals surface area contributed by atoms with Crippen molar-refractivity contribution in [1.29, 1.82) is 0 Å². The molecule has 0 radical (unpaired) electrons. The second kappa shape index (κ2) is 3.05. The van der Waals surface area contributed by atoms with E-state index in [9.17, 15) is 4.79 Å². The highest BCUT2D eigenvalue weighted by Gasteiger charge is 2.29. The molecule has 2 aromatic rings. The van der Waals surface area contributed by atoms with Crippen LogP contribution in [0.3, 0.4) is 0 Å². The van der Waals surface area contributed by atoms with Gasteiger partial charge in [0.05, 0.1) is 0 Å². The van der Waals surface area contributed by atoms with Crippen molar-refractivity contribution in [2.75, 3.05) is 0 Å². The number of pyridine rings is 1. The third-order valence-corrected chi connectivity index (χ3v) is 2.38. The first-order valence-corrected chi connectivity index (χ1v) is 4.86. The molecular weight excluding hydrogens is 194 g/mol. The van der Waals surface area contributed by atoms with Crippen LogP contribution >= 0.6 is 0 Å². The van der Waals surface area contributed by atoms with Gasteiger partial charge in [-0.1, -0.05) is 11.2 Å². The van der Waals surface area contributed by atoms with E-state index in [0.29, 0.717) is 17.5 Å². The fourth-order valence-electron chi connectivity index (χ4n) is 1.42. The maximum Gasteiger partial charge on any atom is 0.274 e. The molecular formula is C10H9N3O2. The standard InChI is InChI=1S/C10H9N3O2/c14-8-3-1-2-7(11-8)10-12-9(13-15-10)6-4-5-6/h1-3,6H,4-5H2,(H,11,14). The Labute approximate surface area is 85.1 Å². The lowest BCUT2D eigenvalue weighted by atomic mass is 10.3. The van der Waals surface area contributed by atoms with E-state index in [1.54, 1.807) is 12.1 Å². The topological polar surface area (TPSA) is 71.8 Å². The van der Waals surface area contributed by atoms with Crippen molar-refractivity contribution < 1.29 is 4.52 Å². The summed E-state index contributed by atoms with van der Waals surface area (Å²) in [5, 5.41) is 3.88. The minimum atomic E-state index is -0.168. The number of aromatic amines is 1. The Morgan fingerprint density at radius 3 is 3.00 bits per heavy atom. The van der Waals surface area contributed by atoms with Crippen molar-refractivity contribution in [1.82, 2.24) is 15.1 Å². The molecule has 1 saturated carbocycles. The Morgan fingerprint density at radius 1 is 1.40 bits per heavy atom. The third-order valence-electron chi connectivity index (χ3n) is 2.38. The number of hydrogen-bond acceptors (Lipinski definition) is 4. The molecule has 2 aromatic heterocycles. The van der Waals surface area contributed by atoms with Gasteiger partial charge in [-0.05, 0) is 18.9 Å². The molecule has 1 N–H and O–H groups in total. The zero-order valence-corrected chi connectivity index (χ0v) is 7.93. The van der Waals surface area contributed by atoms with Crippen LogP contribution in [0.15, 0.2) is 27.5 Å². The number of nitrogens with one attached hydrogen (secondary N) is 1. The summed E-state index contributed by atoms with van der Waals surface area (Å²) in [5.74, 6) is 1.59. The van der Waals surface area contributed by atoms with Crippen molar-refractivity contribution >= 4 is 0 Å². The summed E-state index contributed by atoms with van der Waals surface area (Å²) in [6.45, 7) is 0. The zero-order valence-electron chi connectivity index (χ0n) is 7.93. The van der Waals surface area contributed by atoms with E-state index < -0.39 is 0 Å². The summed E-state index contributed by atoms with van der Waals surface area (Å²) < 4.78 is 5.08. The van der Waals surface area contributed by atoms with Crippen molar-refractivity contribution in [3.05, 3.63) is 34.4 Å². The molecule has 5 nitrogen and oxygen atoms in total. The normalized spacial score (nSPS) is 15.5. The van der Waals surface area contributed by atoms with Crippen molar-refractivity contribution in [3.63, 3.8) is 0 Å². The maximum atomic E-state index is 11.1. The van der Waals surface area contributed by atoms with Gasteiger partial charge in [0.2, 0.25) is 5.56 Å². The summed E-state index contributed by atoms with van der Waals surface area (Å²) >= 11 is 0. The molecule has 1 fully saturated rings. The van der Waals surface area contributed by atoms with Gasteiger partial charge in [0.25, 0.3) is 5.89 Å². The average molecular weight is 203 g/mol. The summed E-state index contributed by atoms with van der Waals surface area (Å²) in [5.41, 5.74) is 0.403. The molecule has 76 valence electrons. The summed E-state index contributed by atoms with van der Waals surface area (Å²) in [7, 11) is 0. The Bertz CT molecular complexity index is 539. The molecule has 0 aromatic carbocycles. The second-order valence-electron chi connectivity index (χ2n) is 3.66. The van der Waals surface area contributed by atoms with Crippen LogP contribution in [0.1, 0.15) is 24.6 Å². The highest BCUT2D eigenvalue weighted by Crippen LogP contribution is 2.38. The van der Waals surface area contributed by atoms with Gasteiger partial charge in [-0.2, -0.15) is 4.98 Å². The molecule has 0 spiro atoms. The lowest BCUT2D eigenvalue weighted by molar-refractivity contribution is 0.421. The minimum absolute atomic E-state index is 0.168. The first-order valence-electron chi connectivity index (χ1n) is 4.86. The summed E-state index contributed by atoms with van der Waals surface area (Å²) in [4.78, 5) is 18.0. The van der Waals surface area contributed by atoms with E-state index in [-0.39, 0.29) is 5.56 Å². The van der Waals surface area contributed by atoms with E-state index in [4.69, 9.17) is 4.52 Å². The van der Waals surface area contributed by atoms with Gasteiger partial charge in [0, 0.05) is 12.0 Å². The minimum Gasteiger partial charge on any atom is -0.332 e. The molecule has 0 saturated heterocycles. The van der Waals surface area contributed by atoms with Gasteiger partial charge in [-0.25, -0.2) is 0 Å². The predicted octanol–water partition coefficient (Wildman–Crippen LogP) is 1.30. The molecule has 1 aliphatic carbocycles. The molecule has 0 bridgehead atoms. The average Bonchev–Trinajstić information content (AvgIpc) is 2.97. The number of nitrogens with zero attached hydrogens (tertiary/aromatic N) is 2. The van der Waals surface area contributed by atoms with Crippen LogP contribution in [-0.4, -0.2) is 15.1 Å². The van der Waals surface area contributed by atoms with Crippen LogP contribution in [-0.2, 0) is 0 Å². The van der Waals surface area contributed by atoms with E-state index in [1.165, 1.54) is 6.07 Å². The Kier molecular flexibility index (Phi) is 1.71. The van der Waals surface area contributed by atoms with Crippen LogP contribution in [0.4, 0.5) is 0 Å². The Balaban J connectivity index is 2.00. The number of hydrogen-bond donors (Lipinski definition) is 1. The van der Waals surface area contributed by atoms with Crippen LogP contribution < -0.4 is 5.56 Å². The van der Waals surface area contributed by atoms with Crippen LogP contribution in [0.2, 0.25) is 0 Å². The maximum absolute atomic E-state index is 11.1. The number of H-pyrrole nitrogens is 1. The van der Waals surface area contributed by atoms with Gasteiger partial charge in [0.1, 0.15) is 5.69 Å². The van der Waals surface area contributed by atoms with Gasteiger partial charge < -0.3 is 9.51 Å². The quantitative estimate of drug-likeness (QED) is 0.798. The largest absolute Gasteiger partial charge is 0.332 e. The third kappa shape index (κ3) is 1.56. The second-order valence-corrected chi connectivity index (χ2v) is 3.66. The van der Waals surface area contributed by atoms with E-state index in [2.05, 4.69) is 15.1 Å². The molecule has 1 aliphatic rings. The molecule has 15 heavy (non-hydrogen) atoms. The van der Waals surface area contributed by atoms with Crippen molar-refractivity contribution in [3.8, 4) is 11.6 Å². The Morgan fingerprint density at radius 2 is 2.27 bits per heavy atom. The van der Waals surface area contributed by atoms with Gasteiger partial charge in [-0.15, -0.1) is 0 Å². The zero-order chi connectivity index (χ0) is 10.3. The molecule has 0 amide bonds. The predicted molar refractivity (Wildman–Crippen MR) is 52.3 cm³/mol. The van der Waals surface area contributed by atoms with Crippen LogP contribution in [0.5, 0.6) is 0 Å². The van der Waals surface area contributed by atoms with E-state index in [1.807, 2.05) is 0 Å². The van der Waals surface area contributed by atoms with Crippen LogP contribution in [0.25, 0.3) is 11.6 Å². The van der Waals surface area contributed by atoms with E-state index >= 15 is 0 Å². The molecule has 3 rings (SSSR count). The fourth-order valence-corrected chi connectivity index (χ4v) is 1.42. The first-order chi connectivity index (χ1) is 7.33. The Hall–Kier alpha value is -1.91. The highest BCUT2D eigenvalue weighted by atomic mass is 16.5. The monoisotopic (exact) mass is 203 g/mol. The summed E-state index contributed by atoms with van der Waals surface area (Å²) in [6, 6.07) is 4.85. The van der Waals surface area contributed by atoms with Crippen LogP contribution in [0, 0.1) is 0 Å². The summed E-state index contributed by atoms with van der Waals surface area (Å²) in [6.07, 6.45) is 2.26. The van der Waals surface area contributed by atoms with Crippen molar-refractivity contribution in [2.45, 2.75) is 18.8 Å². The molecule has 0 atom stereocenters. The number of rotatable bonds is 2. The molecule has 2 heterocycles.